The first-order valence-electron chi connectivity index (χ1n) is 9.53. The van der Waals surface area contributed by atoms with Crippen LogP contribution in [0.1, 0.15) is 22.9 Å². The van der Waals surface area contributed by atoms with Crippen molar-refractivity contribution in [3.8, 4) is 0 Å². The summed E-state index contributed by atoms with van der Waals surface area (Å²) in [6.07, 6.45) is 5.99. The summed E-state index contributed by atoms with van der Waals surface area (Å²) in [4.78, 5) is 14.1. The van der Waals surface area contributed by atoms with E-state index < -0.39 is 6.09 Å². The predicted octanol–water partition coefficient (Wildman–Crippen LogP) is 4.42. The Morgan fingerprint density at radius 3 is 2.55 bits per heavy atom. The lowest BCUT2D eigenvalue weighted by Crippen LogP contribution is -2.28. The highest BCUT2D eigenvalue weighted by Gasteiger charge is 2.38. The molecule has 0 aliphatic carbocycles. The first kappa shape index (κ1) is 18.7. The molecule has 2 heterocycles. The Morgan fingerprint density at radius 2 is 1.83 bits per heavy atom. The van der Waals surface area contributed by atoms with Gasteiger partial charge in [0.05, 0.1) is 12.2 Å². The van der Waals surface area contributed by atoms with E-state index in [1.165, 1.54) is 0 Å². The van der Waals surface area contributed by atoms with Gasteiger partial charge in [0.1, 0.15) is 12.6 Å². The highest BCUT2D eigenvalue weighted by molar-refractivity contribution is 5.90. The molecule has 1 amide bonds. The van der Waals surface area contributed by atoms with Crippen molar-refractivity contribution >= 4 is 18.0 Å². The third kappa shape index (κ3) is 3.96. The summed E-state index contributed by atoms with van der Waals surface area (Å²) in [7, 11) is 0. The predicted molar refractivity (Wildman–Crippen MR) is 112 cm³/mol. The van der Waals surface area contributed by atoms with E-state index in [1.54, 1.807) is 15.7 Å². The number of amides is 1. The molecule has 0 bridgehead atoms. The SMILES string of the molecule is C=CCc1c(N2C(=O)OCC2c2ccccc2)nnn1C/C=C/c1ccccc1. The molecule has 1 unspecified atom stereocenters. The van der Waals surface area contributed by atoms with Gasteiger partial charge < -0.3 is 4.74 Å². The Morgan fingerprint density at radius 1 is 1.10 bits per heavy atom. The number of anilines is 1. The minimum Gasteiger partial charge on any atom is -0.447 e. The molecule has 1 aromatic heterocycles. The molecule has 0 spiro atoms. The van der Waals surface area contributed by atoms with Crippen molar-refractivity contribution in [3.05, 3.63) is 96.2 Å². The van der Waals surface area contributed by atoms with E-state index in [9.17, 15) is 4.79 Å². The van der Waals surface area contributed by atoms with Crippen molar-refractivity contribution in [1.29, 1.82) is 0 Å². The molecular weight excluding hydrogens is 364 g/mol. The van der Waals surface area contributed by atoms with Crippen LogP contribution in [0.15, 0.2) is 79.4 Å². The number of ether oxygens (including phenoxy) is 1. The van der Waals surface area contributed by atoms with Crippen molar-refractivity contribution in [2.45, 2.75) is 19.0 Å². The number of aromatic nitrogens is 3. The number of rotatable bonds is 7. The lowest BCUT2D eigenvalue weighted by atomic mass is 10.1. The molecule has 6 nitrogen and oxygen atoms in total. The summed E-state index contributed by atoms with van der Waals surface area (Å²) in [6.45, 7) is 4.68. The second kappa shape index (κ2) is 8.56. The zero-order valence-corrected chi connectivity index (χ0v) is 16.0. The fraction of sp³-hybridized carbons (Fsp3) is 0.174. The molecule has 4 rings (SSSR count). The van der Waals surface area contributed by atoms with Gasteiger partial charge >= 0.3 is 6.09 Å². The molecule has 0 N–H and O–H groups in total. The van der Waals surface area contributed by atoms with E-state index in [1.807, 2.05) is 72.8 Å². The maximum absolute atomic E-state index is 12.5. The van der Waals surface area contributed by atoms with Gasteiger partial charge in [-0.15, -0.1) is 11.7 Å². The van der Waals surface area contributed by atoms with Gasteiger partial charge in [-0.3, -0.25) is 0 Å². The number of allylic oxidation sites excluding steroid dienone is 2. The first-order chi connectivity index (χ1) is 14.3. The van der Waals surface area contributed by atoms with Crippen LogP contribution in [0.3, 0.4) is 0 Å². The van der Waals surface area contributed by atoms with Crippen molar-refractivity contribution in [2.24, 2.45) is 0 Å². The van der Waals surface area contributed by atoms with E-state index in [-0.39, 0.29) is 12.6 Å². The zero-order valence-electron chi connectivity index (χ0n) is 16.0. The molecule has 146 valence electrons. The van der Waals surface area contributed by atoms with Crippen LogP contribution in [-0.2, 0) is 17.7 Å². The Labute approximate surface area is 169 Å². The van der Waals surface area contributed by atoms with Gasteiger partial charge in [0.25, 0.3) is 0 Å². The van der Waals surface area contributed by atoms with E-state index in [2.05, 4.69) is 16.9 Å². The van der Waals surface area contributed by atoms with Gasteiger partial charge in [0.2, 0.25) is 0 Å². The number of cyclic esters (lactones) is 1. The molecule has 29 heavy (non-hydrogen) atoms. The van der Waals surface area contributed by atoms with E-state index in [0.29, 0.717) is 18.8 Å². The molecule has 1 atom stereocenters. The van der Waals surface area contributed by atoms with E-state index in [0.717, 1.165) is 16.8 Å². The minimum absolute atomic E-state index is 0.225. The summed E-state index contributed by atoms with van der Waals surface area (Å²) in [5.41, 5.74) is 2.95. The molecule has 2 aromatic carbocycles. The lowest BCUT2D eigenvalue weighted by molar-refractivity contribution is 0.179. The fourth-order valence-electron chi connectivity index (χ4n) is 3.42. The molecule has 1 aliphatic rings. The van der Waals surface area contributed by atoms with Gasteiger partial charge in [-0.1, -0.05) is 84.1 Å². The van der Waals surface area contributed by atoms with Crippen LogP contribution >= 0.6 is 0 Å². The zero-order chi connectivity index (χ0) is 20.1. The Balaban J connectivity index is 1.62. The third-order valence-corrected chi connectivity index (χ3v) is 4.83. The first-order valence-corrected chi connectivity index (χ1v) is 9.53. The van der Waals surface area contributed by atoms with Gasteiger partial charge in [0, 0.05) is 6.42 Å². The maximum atomic E-state index is 12.5. The Kier molecular flexibility index (Phi) is 5.52. The second-order valence-electron chi connectivity index (χ2n) is 6.72. The maximum Gasteiger partial charge on any atom is 0.416 e. The molecule has 1 fully saturated rings. The smallest absolute Gasteiger partial charge is 0.416 e. The minimum atomic E-state index is -0.406. The molecular formula is C23H22N4O2. The van der Waals surface area contributed by atoms with Crippen molar-refractivity contribution < 1.29 is 9.53 Å². The normalized spacial score (nSPS) is 16.3. The van der Waals surface area contributed by atoms with Gasteiger partial charge in [-0.2, -0.15) is 0 Å². The summed E-state index contributed by atoms with van der Waals surface area (Å²) in [6, 6.07) is 19.7. The molecule has 1 aliphatic heterocycles. The van der Waals surface area contributed by atoms with Crippen LogP contribution in [0.25, 0.3) is 6.08 Å². The number of hydrogen-bond acceptors (Lipinski definition) is 4. The van der Waals surface area contributed by atoms with E-state index >= 15 is 0 Å². The average molecular weight is 386 g/mol. The monoisotopic (exact) mass is 386 g/mol. The molecule has 0 saturated carbocycles. The van der Waals surface area contributed by atoms with Crippen LogP contribution in [0.4, 0.5) is 10.6 Å². The molecule has 1 saturated heterocycles. The lowest BCUT2D eigenvalue weighted by Gasteiger charge is -2.20. The molecule has 0 radical (unpaired) electrons. The van der Waals surface area contributed by atoms with Crippen molar-refractivity contribution in [2.75, 3.05) is 11.5 Å². The van der Waals surface area contributed by atoms with E-state index in [4.69, 9.17) is 4.74 Å². The van der Waals surface area contributed by atoms with Crippen LogP contribution in [-0.4, -0.2) is 27.7 Å². The number of carbonyl (C=O) groups excluding carboxylic acids is 1. The number of nitrogens with zero attached hydrogens (tertiary/aromatic N) is 4. The summed E-state index contributed by atoms with van der Waals surface area (Å²) >= 11 is 0. The second-order valence-corrected chi connectivity index (χ2v) is 6.72. The van der Waals surface area contributed by atoms with Crippen molar-refractivity contribution in [3.63, 3.8) is 0 Å². The quantitative estimate of drug-likeness (QED) is 0.564. The number of benzene rings is 2. The summed E-state index contributed by atoms with van der Waals surface area (Å²) in [5.74, 6) is 0.523. The topological polar surface area (TPSA) is 60.3 Å². The summed E-state index contributed by atoms with van der Waals surface area (Å²) < 4.78 is 7.13. The third-order valence-electron chi connectivity index (χ3n) is 4.83. The number of hydrogen-bond donors (Lipinski definition) is 0. The van der Waals surface area contributed by atoms with Crippen LogP contribution in [0, 0.1) is 0 Å². The largest absolute Gasteiger partial charge is 0.447 e. The standard InChI is InChI=1S/C23H22N4O2/c1-2-10-20-22(24-25-26(20)16-9-13-18-11-5-3-6-12-18)27-21(17-29-23(27)28)19-14-7-4-8-15-19/h2-9,11-15,21H,1,10,16-17H2/b13-9+. The molecule has 3 aromatic rings. The highest BCUT2D eigenvalue weighted by Crippen LogP contribution is 2.33. The van der Waals surface area contributed by atoms with Gasteiger partial charge in [-0.05, 0) is 11.1 Å². The summed E-state index contributed by atoms with van der Waals surface area (Å²) in [5, 5.41) is 8.62. The Bertz CT molecular complexity index is 1010. The fourth-order valence-corrected chi connectivity index (χ4v) is 3.42. The van der Waals surface area contributed by atoms with Crippen LogP contribution in [0.2, 0.25) is 0 Å². The average Bonchev–Trinajstić information content (AvgIpc) is 3.33. The molecule has 6 heteroatoms. The Hall–Kier alpha value is -3.67. The van der Waals surface area contributed by atoms with Gasteiger partial charge in [0.15, 0.2) is 5.82 Å². The number of carbonyl (C=O) groups is 1. The van der Waals surface area contributed by atoms with Gasteiger partial charge in [-0.25, -0.2) is 14.4 Å². The highest BCUT2D eigenvalue weighted by atomic mass is 16.6. The van der Waals surface area contributed by atoms with Crippen LogP contribution in [0.5, 0.6) is 0 Å². The van der Waals surface area contributed by atoms with Crippen LogP contribution < -0.4 is 4.90 Å². The van der Waals surface area contributed by atoms with Crippen molar-refractivity contribution in [1.82, 2.24) is 15.0 Å².